The first-order chi connectivity index (χ1) is 13.3. The lowest BCUT2D eigenvalue weighted by molar-refractivity contribution is -0.121. The Kier molecular flexibility index (Phi) is 4.89. The highest BCUT2D eigenvalue weighted by Crippen LogP contribution is 2.30. The summed E-state index contributed by atoms with van der Waals surface area (Å²) < 4.78 is 28.6. The van der Waals surface area contributed by atoms with Crippen molar-refractivity contribution >= 4 is 39.1 Å². The lowest BCUT2D eigenvalue weighted by Gasteiger charge is -2.33. The summed E-state index contributed by atoms with van der Waals surface area (Å²) >= 11 is 6.22. The number of sulfonamides is 1. The Balaban J connectivity index is 1.53. The van der Waals surface area contributed by atoms with Gasteiger partial charge in [-0.05, 0) is 49.6 Å². The lowest BCUT2D eigenvalue weighted by atomic mass is 9.96. The van der Waals surface area contributed by atoms with Crippen molar-refractivity contribution in [3.8, 4) is 0 Å². The summed E-state index contributed by atoms with van der Waals surface area (Å²) in [5, 5.41) is 3.40. The van der Waals surface area contributed by atoms with E-state index < -0.39 is 10.0 Å². The van der Waals surface area contributed by atoms with E-state index in [1.807, 2.05) is 17.9 Å². The molecule has 2 heterocycles. The fraction of sp³-hybridized carbons (Fsp3) is 0.300. The second-order valence-electron chi connectivity index (χ2n) is 7.14. The maximum Gasteiger partial charge on any atom is 0.285 e. The zero-order valence-corrected chi connectivity index (χ0v) is 16.9. The number of benzene rings is 2. The van der Waals surface area contributed by atoms with Crippen molar-refractivity contribution in [1.82, 2.24) is 4.90 Å². The van der Waals surface area contributed by atoms with Crippen LogP contribution < -0.4 is 5.32 Å². The van der Waals surface area contributed by atoms with Gasteiger partial charge in [-0.2, -0.15) is 8.42 Å². The fourth-order valence-electron chi connectivity index (χ4n) is 3.66. The number of nitrogens with zero attached hydrogens (tertiary/aromatic N) is 2. The third kappa shape index (κ3) is 3.52. The number of likely N-dealkylation sites (tertiary alicyclic amines) is 1. The molecule has 2 aromatic carbocycles. The number of anilines is 1. The van der Waals surface area contributed by atoms with Crippen LogP contribution in [0.15, 0.2) is 51.8 Å². The van der Waals surface area contributed by atoms with Crippen LogP contribution >= 0.6 is 11.6 Å². The predicted octanol–water partition coefficient (Wildman–Crippen LogP) is 3.45. The number of carbonyl (C=O) groups is 1. The van der Waals surface area contributed by atoms with Crippen molar-refractivity contribution in [2.75, 3.05) is 18.4 Å². The number of rotatable bonds is 2. The standard InChI is InChI=1S/C20H20ClN3O3S/c1-13-8-9-17(16(21)11-13)22-20(25)14-5-4-10-24(12-14)19-15-6-2-3-7-18(15)28(26,27)23-19/h2-3,6-9,11,14H,4-5,10,12H2,1H3,(H,22,25)/t14-/m1/s1. The van der Waals surface area contributed by atoms with Crippen LogP contribution in [0.25, 0.3) is 0 Å². The Hall–Kier alpha value is -2.38. The molecule has 4 rings (SSSR count). The first-order valence-electron chi connectivity index (χ1n) is 9.11. The molecule has 1 saturated heterocycles. The number of carbonyl (C=O) groups excluding carboxylic acids is 1. The van der Waals surface area contributed by atoms with Gasteiger partial charge in [0.15, 0.2) is 5.84 Å². The van der Waals surface area contributed by atoms with Crippen LogP contribution in [0.5, 0.6) is 0 Å². The largest absolute Gasteiger partial charge is 0.355 e. The normalized spacial score (nSPS) is 20.4. The van der Waals surface area contributed by atoms with E-state index >= 15 is 0 Å². The van der Waals surface area contributed by atoms with Gasteiger partial charge in [-0.3, -0.25) is 4.79 Å². The number of fused-ring (bicyclic) bond motifs is 1. The highest BCUT2D eigenvalue weighted by molar-refractivity contribution is 7.90. The van der Waals surface area contributed by atoms with E-state index in [0.29, 0.717) is 35.2 Å². The maximum atomic E-state index is 12.8. The van der Waals surface area contributed by atoms with Crippen molar-refractivity contribution in [2.24, 2.45) is 10.3 Å². The molecule has 1 atom stereocenters. The molecule has 1 amide bonds. The Bertz CT molecular complexity index is 1080. The zero-order valence-electron chi connectivity index (χ0n) is 15.4. The molecule has 2 aliphatic rings. The van der Waals surface area contributed by atoms with Gasteiger partial charge in [0.2, 0.25) is 5.91 Å². The second-order valence-corrected chi connectivity index (χ2v) is 9.12. The van der Waals surface area contributed by atoms with E-state index in [9.17, 15) is 13.2 Å². The number of aryl methyl sites for hydroxylation is 1. The average Bonchev–Trinajstić information content (AvgIpc) is 2.96. The minimum absolute atomic E-state index is 0.120. The summed E-state index contributed by atoms with van der Waals surface area (Å²) in [7, 11) is -3.67. The minimum atomic E-state index is -3.67. The highest BCUT2D eigenvalue weighted by atomic mass is 35.5. The molecule has 2 aliphatic heterocycles. The van der Waals surface area contributed by atoms with Crippen LogP contribution in [0.2, 0.25) is 5.02 Å². The Labute approximate surface area is 169 Å². The predicted molar refractivity (Wildman–Crippen MR) is 109 cm³/mol. The Morgan fingerprint density at radius 3 is 2.82 bits per heavy atom. The number of amidine groups is 1. The molecule has 0 aliphatic carbocycles. The van der Waals surface area contributed by atoms with Crippen molar-refractivity contribution in [2.45, 2.75) is 24.7 Å². The smallest absolute Gasteiger partial charge is 0.285 e. The third-order valence-corrected chi connectivity index (χ3v) is 6.72. The molecule has 6 nitrogen and oxygen atoms in total. The first kappa shape index (κ1) is 19.0. The molecule has 2 aromatic rings. The van der Waals surface area contributed by atoms with Crippen molar-refractivity contribution in [3.63, 3.8) is 0 Å². The van der Waals surface area contributed by atoms with E-state index in [0.717, 1.165) is 18.4 Å². The summed E-state index contributed by atoms with van der Waals surface area (Å²) in [5.74, 6) is 0.0379. The zero-order chi connectivity index (χ0) is 19.9. The Morgan fingerprint density at radius 2 is 2.04 bits per heavy atom. The quantitative estimate of drug-likeness (QED) is 0.811. The van der Waals surface area contributed by atoms with Gasteiger partial charge in [0.05, 0.1) is 16.6 Å². The van der Waals surface area contributed by atoms with Crippen LogP contribution in [0.4, 0.5) is 5.69 Å². The summed E-state index contributed by atoms with van der Waals surface area (Å²) in [6.07, 6.45) is 1.51. The van der Waals surface area contributed by atoms with Gasteiger partial charge < -0.3 is 10.2 Å². The molecule has 146 valence electrons. The van der Waals surface area contributed by atoms with Gasteiger partial charge in [0.25, 0.3) is 10.0 Å². The van der Waals surface area contributed by atoms with E-state index in [1.54, 1.807) is 36.4 Å². The van der Waals surface area contributed by atoms with E-state index in [1.165, 1.54) is 0 Å². The molecule has 8 heteroatoms. The topological polar surface area (TPSA) is 78.8 Å². The minimum Gasteiger partial charge on any atom is -0.355 e. The fourth-order valence-corrected chi connectivity index (χ4v) is 5.17. The van der Waals surface area contributed by atoms with E-state index in [-0.39, 0.29) is 16.7 Å². The molecule has 28 heavy (non-hydrogen) atoms. The molecule has 0 spiro atoms. The molecular formula is C20H20ClN3O3S. The van der Waals surface area contributed by atoms with Crippen molar-refractivity contribution < 1.29 is 13.2 Å². The maximum absolute atomic E-state index is 12.8. The second kappa shape index (κ2) is 7.22. The van der Waals surface area contributed by atoms with Gasteiger partial charge in [0, 0.05) is 18.7 Å². The monoisotopic (exact) mass is 417 g/mol. The molecule has 0 radical (unpaired) electrons. The number of hydrogen-bond acceptors (Lipinski definition) is 4. The molecule has 0 bridgehead atoms. The number of hydrogen-bond donors (Lipinski definition) is 1. The van der Waals surface area contributed by atoms with Gasteiger partial charge in [-0.1, -0.05) is 29.8 Å². The number of amides is 1. The SMILES string of the molecule is Cc1ccc(NC(=O)[C@@H]2CCCN(C3=NS(=O)(=O)c4ccccc43)C2)c(Cl)c1. The van der Waals surface area contributed by atoms with Gasteiger partial charge in [-0.15, -0.1) is 4.40 Å². The van der Waals surface area contributed by atoms with Crippen LogP contribution in [-0.4, -0.2) is 38.2 Å². The summed E-state index contributed by atoms with van der Waals surface area (Å²) in [5.41, 5.74) is 2.21. The van der Waals surface area contributed by atoms with Crippen LogP contribution in [0, 0.1) is 12.8 Å². The van der Waals surface area contributed by atoms with Crippen LogP contribution in [0.1, 0.15) is 24.0 Å². The molecule has 0 aromatic heterocycles. The lowest BCUT2D eigenvalue weighted by Crippen LogP contribution is -2.43. The molecular weight excluding hydrogens is 398 g/mol. The highest BCUT2D eigenvalue weighted by Gasteiger charge is 2.35. The molecule has 0 unspecified atom stereocenters. The number of piperidine rings is 1. The average molecular weight is 418 g/mol. The first-order valence-corrected chi connectivity index (χ1v) is 10.9. The summed E-state index contributed by atoms with van der Waals surface area (Å²) in [6.45, 7) is 3.01. The summed E-state index contributed by atoms with van der Waals surface area (Å²) in [4.78, 5) is 14.9. The summed E-state index contributed by atoms with van der Waals surface area (Å²) in [6, 6.07) is 12.3. The van der Waals surface area contributed by atoms with Gasteiger partial charge >= 0.3 is 0 Å². The molecule has 1 N–H and O–H groups in total. The molecule has 0 saturated carbocycles. The van der Waals surface area contributed by atoms with Crippen molar-refractivity contribution in [3.05, 3.63) is 58.6 Å². The third-order valence-electron chi connectivity index (χ3n) is 5.09. The van der Waals surface area contributed by atoms with Crippen molar-refractivity contribution in [1.29, 1.82) is 0 Å². The van der Waals surface area contributed by atoms with Gasteiger partial charge in [-0.25, -0.2) is 0 Å². The van der Waals surface area contributed by atoms with E-state index in [2.05, 4.69) is 9.71 Å². The van der Waals surface area contributed by atoms with Crippen LogP contribution in [-0.2, 0) is 14.8 Å². The number of halogens is 1. The van der Waals surface area contributed by atoms with Gasteiger partial charge in [0.1, 0.15) is 4.90 Å². The Morgan fingerprint density at radius 1 is 1.25 bits per heavy atom. The molecule has 1 fully saturated rings. The van der Waals surface area contributed by atoms with E-state index in [4.69, 9.17) is 11.6 Å². The van der Waals surface area contributed by atoms with Crippen LogP contribution in [0.3, 0.4) is 0 Å². The number of nitrogens with one attached hydrogen (secondary N) is 1.